The van der Waals surface area contributed by atoms with E-state index in [-0.39, 0.29) is 24.4 Å². The molecule has 0 radical (unpaired) electrons. The maximum atomic E-state index is 12.7. The van der Waals surface area contributed by atoms with Crippen LogP contribution in [0.2, 0.25) is 0 Å². The second kappa shape index (κ2) is 8.31. The number of carbonyl (C=O) groups is 1. The summed E-state index contributed by atoms with van der Waals surface area (Å²) in [7, 11) is 0. The van der Waals surface area contributed by atoms with E-state index in [2.05, 4.69) is 41.7 Å². The first-order chi connectivity index (χ1) is 11.2. The standard InChI is InChI=1S/C18H23N3O2.ClH/c1-3-14-4-6-15(7-5-14)17-12-19-8-9-21(17)18(22)11-16-10-13(2)23-20-16;/h4-7,10,17,19H,3,8-9,11-12H2,1-2H3;1H. The van der Waals surface area contributed by atoms with E-state index >= 15 is 0 Å². The second-order valence-electron chi connectivity index (χ2n) is 6.01. The van der Waals surface area contributed by atoms with Gasteiger partial charge in [0.15, 0.2) is 0 Å². The minimum atomic E-state index is 0. The Morgan fingerprint density at radius 3 is 2.75 bits per heavy atom. The summed E-state index contributed by atoms with van der Waals surface area (Å²) in [5.41, 5.74) is 3.19. The van der Waals surface area contributed by atoms with Crippen LogP contribution >= 0.6 is 12.4 Å². The van der Waals surface area contributed by atoms with E-state index in [0.29, 0.717) is 12.1 Å². The lowest BCUT2D eigenvalue weighted by Crippen LogP contribution is -2.49. The summed E-state index contributed by atoms with van der Waals surface area (Å²) in [5, 5.41) is 7.32. The number of amides is 1. The lowest BCUT2D eigenvalue weighted by atomic mass is 10.0. The predicted octanol–water partition coefficient (Wildman–Crippen LogP) is 2.68. The molecular weight excluding hydrogens is 326 g/mol. The summed E-state index contributed by atoms with van der Waals surface area (Å²) in [4.78, 5) is 14.7. The topological polar surface area (TPSA) is 58.4 Å². The third-order valence-electron chi connectivity index (χ3n) is 4.35. The van der Waals surface area contributed by atoms with Crippen LogP contribution in [0.5, 0.6) is 0 Å². The fourth-order valence-electron chi connectivity index (χ4n) is 3.03. The average molecular weight is 350 g/mol. The molecule has 5 nitrogen and oxygen atoms in total. The normalized spacial score (nSPS) is 17.4. The summed E-state index contributed by atoms with van der Waals surface area (Å²) in [6, 6.07) is 10.5. The van der Waals surface area contributed by atoms with Crippen molar-refractivity contribution in [2.45, 2.75) is 32.7 Å². The Labute approximate surface area is 148 Å². The number of aromatic nitrogens is 1. The molecule has 1 atom stereocenters. The maximum absolute atomic E-state index is 12.7. The molecule has 1 aliphatic heterocycles. The minimum absolute atomic E-state index is 0. The van der Waals surface area contributed by atoms with E-state index < -0.39 is 0 Å². The van der Waals surface area contributed by atoms with Crippen LogP contribution in [-0.4, -0.2) is 35.6 Å². The summed E-state index contributed by atoms with van der Waals surface area (Å²) in [5.74, 6) is 0.837. The summed E-state index contributed by atoms with van der Waals surface area (Å²) < 4.78 is 5.06. The molecule has 6 heteroatoms. The highest BCUT2D eigenvalue weighted by Crippen LogP contribution is 2.23. The van der Waals surface area contributed by atoms with Gasteiger partial charge >= 0.3 is 0 Å². The number of hydrogen-bond acceptors (Lipinski definition) is 4. The molecule has 1 fully saturated rings. The van der Waals surface area contributed by atoms with E-state index in [4.69, 9.17) is 4.52 Å². The van der Waals surface area contributed by atoms with Crippen LogP contribution in [-0.2, 0) is 17.6 Å². The van der Waals surface area contributed by atoms with Gasteiger partial charge in [0.2, 0.25) is 5.91 Å². The molecule has 1 aromatic carbocycles. The Bertz CT molecular complexity index is 669. The number of rotatable bonds is 4. The van der Waals surface area contributed by atoms with Gasteiger partial charge < -0.3 is 14.7 Å². The average Bonchev–Trinajstić information content (AvgIpc) is 3.00. The van der Waals surface area contributed by atoms with Gasteiger partial charge in [-0.2, -0.15) is 0 Å². The quantitative estimate of drug-likeness (QED) is 0.922. The summed E-state index contributed by atoms with van der Waals surface area (Å²) >= 11 is 0. The monoisotopic (exact) mass is 349 g/mol. The molecule has 130 valence electrons. The molecule has 1 unspecified atom stereocenters. The second-order valence-corrected chi connectivity index (χ2v) is 6.01. The molecule has 3 rings (SSSR count). The number of nitrogens with one attached hydrogen (secondary N) is 1. The SMILES string of the molecule is CCc1ccc(C2CNCCN2C(=O)Cc2cc(C)on2)cc1.Cl. The molecule has 1 saturated heterocycles. The van der Waals surface area contributed by atoms with E-state index in [1.165, 1.54) is 11.1 Å². The van der Waals surface area contributed by atoms with Crippen molar-refractivity contribution < 1.29 is 9.32 Å². The molecular formula is C18H24ClN3O2. The lowest BCUT2D eigenvalue weighted by molar-refractivity contribution is -0.133. The first-order valence-electron chi connectivity index (χ1n) is 8.18. The zero-order chi connectivity index (χ0) is 16.2. The minimum Gasteiger partial charge on any atom is -0.361 e. The van der Waals surface area contributed by atoms with Gasteiger partial charge in [0, 0.05) is 25.7 Å². The van der Waals surface area contributed by atoms with Crippen LogP contribution in [0.3, 0.4) is 0 Å². The van der Waals surface area contributed by atoms with Crippen molar-refractivity contribution in [3.8, 4) is 0 Å². The van der Waals surface area contributed by atoms with E-state index in [9.17, 15) is 4.79 Å². The molecule has 1 aliphatic rings. The highest BCUT2D eigenvalue weighted by molar-refractivity contribution is 5.85. The third-order valence-corrected chi connectivity index (χ3v) is 4.35. The van der Waals surface area contributed by atoms with Crippen molar-refractivity contribution in [2.24, 2.45) is 0 Å². The maximum Gasteiger partial charge on any atom is 0.229 e. The molecule has 2 heterocycles. The lowest BCUT2D eigenvalue weighted by Gasteiger charge is -2.36. The van der Waals surface area contributed by atoms with Crippen molar-refractivity contribution in [2.75, 3.05) is 19.6 Å². The Balaban J connectivity index is 0.00000208. The summed E-state index contributed by atoms with van der Waals surface area (Å²) in [6.45, 7) is 6.31. The van der Waals surface area contributed by atoms with Gasteiger partial charge in [-0.3, -0.25) is 4.79 Å². The smallest absolute Gasteiger partial charge is 0.229 e. The highest BCUT2D eigenvalue weighted by Gasteiger charge is 2.28. The van der Waals surface area contributed by atoms with Crippen molar-refractivity contribution in [3.05, 3.63) is 52.9 Å². The van der Waals surface area contributed by atoms with Gasteiger partial charge in [-0.15, -0.1) is 12.4 Å². The van der Waals surface area contributed by atoms with Gasteiger partial charge in [0.05, 0.1) is 18.2 Å². The number of nitrogens with zero attached hydrogens (tertiary/aromatic N) is 2. The van der Waals surface area contributed by atoms with Gasteiger partial charge in [0.25, 0.3) is 0 Å². The van der Waals surface area contributed by atoms with Crippen LogP contribution in [0.25, 0.3) is 0 Å². The Morgan fingerprint density at radius 1 is 1.38 bits per heavy atom. The third kappa shape index (κ3) is 4.16. The van der Waals surface area contributed by atoms with Crippen LogP contribution in [0.15, 0.2) is 34.9 Å². The van der Waals surface area contributed by atoms with Crippen molar-refractivity contribution in [3.63, 3.8) is 0 Å². The summed E-state index contributed by atoms with van der Waals surface area (Å²) in [6.07, 6.45) is 1.32. The Hall–Kier alpha value is -1.85. The van der Waals surface area contributed by atoms with Crippen LogP contribution in [0.4, 0.5) is 0 Å². The van der Waals surface area contributed by atoms with E-state index in [1.807, 2.05) is 17.9 Å². The molecule has 1 N–H and O–H groups in total. The van der Waals surface area contributed by atoms with Gasteiger partial charge in [0.1, 0.15) is 5.76 Å². The predicted molar refractivity (Wildman–Crippen MR) is 95.3 cm³/mol. The Kier molecular flexibility index (Phi) is 6.40. The van der Waals surface area contributed by atoms with Gasteiger partial charge in [-0.25, -0.2) is 0 Å². The van der Waals surface area contributed by atoms with Crippen LogP contribution in [0.1, 0.15) is 35.5 Å². The first kappa shape index (κ1) is 18.5. The molecule has 2 aromatic rings. The molecule has 0 saturated carbocycles. The number of aryl methyl sites for hydroxylation is 2. The van der Waals surface area contributed by atoms with Crippen LogP contribution in [0, 0.1) is 6.92 Å². The van der Waals surface area contributed by atoms with Crippen molar-refractivity contribution >= 4 is 18.3 Å². The van der Waals surface area contributed by atoms with Gasteiger partial charge in [-0.05, 0) is 24.5 Å². The fourth-order valence-corrected chi connectivity index (χ4v) is 3.03. The number of hydrogen-bond donors (Lipinski definition) is 1. The number of benzene rings is 1. The van der Waals surface area contributed by atoms with E-state index in [1.54, 1.807) is 0 Å². The number of halogens is 1. The largest absolute Gasteiger partial charge is 0.361 e. The molecule has 0 bridgehead atoms. The zero-order valence-corrected chi connectivity index (χ0v) is 14.9. The van der Waals surface area contributed by atoms with Crippen molar-refractivity contribution in [1.82, 2.24) is 15.4 Å². The molecule has 1 aromatic heterocycles. The zero-order valence-electron chi connectivity index (χ0n) is 14.1. The number of piperazine rings is 1. The fraction of sp³-hybridized carbons (Fsp3) is 0.444. The molecule has 0 aliphatic carbocycles. The molecule has 1 amide bonds. The van der Waals surface area contributed by atoms with Crippen LogP contribution < -0.4 is 5.32 Å². The Morgan fingerprint density at radius 2 is 2.12 bits per heavy atom. The van der Waals surface area contributed by atoms with Gasteiger partial charge in [-0.1, -0.05) is 36.3 Å². The van der Waals surface area contributed by atoms with E-state index in [0.717, 1.165) is 31.8 Å². The first-order valence-corrected chi connectivity index (χ1v) is 8.18. The number of carbonyl (C=O) groups excluding carboxylic acids is 1. The highest BCUT2D eigenvalue weighted by atomic mass is 35.5. The van der Waals surface area contributed by atoms with Crippen molar-refractivity contribution in [1.29, 1.82) is 0 Å². The molecule has 0 spiro atoms. The molecule has 24 heavy (non-hydrogen) atoms.